The number of rotatable bonds is 5. The van der Waals surface area contributed by atoms with E-state index in [-0.39, 0.29) is 11.8 Å². The molecule has 0 bridgehead atoms. The largest absolute Gasteiger partial charge is 0.480 e. The number of carbonyl (C=O) groups excluding carboxylic acids is 1. The van der Waals surface area contributed by atoms with Gasteiger partial charge in [-0.05, 0) is 50.9 Å². The predicted octanol–water partition coefficient (Wildman–Crippen LogP) is 1.90. The van der Waals surface area contributed by atoms with Gasteiger partial charge in [0.15, 0.2) is 0 Å². The highest BCUT2D eigenvalue weighted by Gasteiger charge is 2.31. The molecule has 0 spiro atoms. The van der Waals surface area contributed by atoms with Crippen molar-refractivity contribution in [1.29, 1.82) is 0 Å². The van der Waals surface area contributed by atoms with Gasteiger partial charge in [0, 0.05) is 12.1 Å². The number of aliphatic carboxylic acids is 1. The van der Waals surface area contributed by atoms with E-state index in [1.54, 1.807) is 12.3 Å². The minimum absolute atomic E-state index is 0.0284. The van der Waals surface area contributed by atoms with Crippen LogP contribution in [0, 0.1) is 12.8 Å². The van der Waals surface area contributed by atoms with Gasteiger partial charge in [0.1, 0.15) is 11.9 Å². The highest BCUT2D eigenvalue weighted by Crippen LogP contribution is 2.21. The Morgan fingerprint density at radius 1 is 1.41 bits per heavy atom. The molecule has 1 aliphatic heterocycles. The number of aryl methyl sites for hydroxylation is 1. The molecule has 1 aliphatic rings. The molecule has 2 N–H and O–H groups in total. The van der Waals surface area contributed by atoms with E-state index in [2.05, 4.69) is 10.3 Å². The summed E-state index contributed by atoms with van der Waals surface area (Å²) in [6.45, 7) is 5.11. The third kappa shape index (κ3) is 4.04. The number of nitrogens with one attached hydrogen (secondary N) is 1. The third-order valence-electron chi connectivity index (χ3n) is 4.18. The lowest BCUT2D eigenvalue weighted by atomic mass is 9.94. The Labute approximate surface area is 130 Å². The van der Waals surface area contributed by atoms with Crippen LogP contribution in [0.1, 0.15) is 31.7 Å². The molecule has 0 aromatic carbocycles. The molecule has 1 aromatic heterocycles. The normalized spacial score (nSPS) is 17.9. The molecule has 6 heteroatoms. The second-order valence-electron chi connectivity index (χ2n) is 5.78. The van der Waals surface area contributed by atoms with E-state index < -0.39 is 12.0 Å². The van der Waals surface area contributed by atoms with E-state index in [0.29, 0.717) is 38.2 Å². The number of hydrogen-bond acceptors (Lipinski definition) is 4. The monoisotopic (exact) mass is 305 g/mol. The zero-order chi connectivity index (χ0) is 16.1. The summed E-state index contributed by atoms with van der Waals surface area (Å²) < 4.78 is 0. The van der Waals surface area contributed by atoms with Crippen LogP contribution in [0.15, 0.2) is 18.3 Å². The maximum Gasteiger partial charge on any atom is 0.320 e. The Kier molecular flexibility index (Phi) is 5.49. The smallest absolute Gasteiger partial charge is 0.320 e. The van der Waals surface area contributed by atoms with Crippen molar-refractivity contribution in [1.82, 2.24) is 9.88 Å². The van der Waals surface area contributed by atoms with E-state index in [1.807, 2.05) is 24.8 Å². The molecule has 0 radical (unpaired) electrons. The molecule has 1 amide bonds. The van der Waals surface area contributed by atoms with E-state index in [1.165, 1.54) is 0 Å². The van der Waals surface area contributed by atoms with Crippen LogP contribution in [0.5, 0.6) is 0 Å². The summed E-state index contributed by atoms with van der Waals surface area (Å²) in [5.41, 5.74) is 1.05. The topological polar surface area (TPSA) is 82.5 Å². The number of nitrogens with zero attached hydrogens (tertiary/aromatic N) is 2. The van der Waals surface area contributed by atoms with Gasteiger partial charge >= 0.3 is 5.97 Å². The van der Waals surface area contributed by atoms with Gasteiger partial charge in [-0.25, -0.2) is 4.98 Å². The van der Waals surface area contributed by atoms with Crippen molar-refractivity contribution in [3.05, 3.63) is 23.9 Å². The summed E-state index contributed by atoms with van der Waals surface area (Å²) >= 11 is 0. The first-order valence-electron chi connectivity index (χ1n) is 7.71. The van der Waals surface area contributed by atoms with E-state index >= 15 is 0 Å². The van der Waals surface area contributed by atoms with Crippen molar-refractivity contribution >= 4 is 17.7 Å². The number of carboxylic acids is 1. The summed E-state index contributed by atoms with van der Waals surface area (Å²) in [5.74, 6) is -0.325. The molecule has 2 rings (SSSR count). The minimum atomic E-state index is -0.783. The van der Waals surface area contributed by atoms with Crippen LogP contribution in [0.4, 0.5) is 5.82 Å². The maximum atomic E-state index is 12.2. The average molecular weight is 305 g/mol. The van der Waals surface area contributed by atoms with Crippen LogP contribution in [-0.2, 0) is 9.59 Å². The molecule has 1 saturated heterocycles. The first-order valence-corrected chi connectivity index (χ1v) is 7.71. The van der Waals surface area contributed by atoms with Crippen molar-refractivity contribution in [2.45, 2.75) is 39.2 Å². The van der Waals surface area contributed by atoms with Gasteiger partial charge in [-0.3, -0.25) is 14.5 Å². The summed E-state index contributed by atoms with van der Waals surface area (Å²) in [7, 11) is 0. The quantitative estimate of drug-likeness (QED) is 0.868. The molecule has 0 saturated carbocycles. The number of anilines is 1. The minimum Gasteiger partial charge on any atom is -0.480 e. The van der Waals surface area contributed by atoms with Crippen molar-refractivity contribution < 1.29 is 14.7 Å². The van der Waals surface area contributed by atoms with Gasteiger partial charge in [-0.1, -0.05) is 13.0 Å². The van der Waals surface area contributed by atoms with Crippen LogP contribution in [-0.4, -0.2) is 46.0 Å². The van der Waals surface area contributed by atoms with Crippen LogP contribution in [0.3, 0.4) is 0 Å². The second kappa shape index (κ2) is 7.35. The Bertz CT molecular complexity index is 522. The second-order valence-corrected chi connectivity index (χ2v) is 5.78. The Hall–Kier alpha value is -1.95. The first kappa shape index (κ1) is 16.4. The Morgan fingerprint density at radius 2 is 2.09 bits per heavy atom. The lowest BCUT2D eigenvalue weighted by Gasteiger charge is -2.34. The van der Waals surface area contributed by atoms with Crippen LogP contribution >= 0.6 is 0 Å². The molecular formula is C16H23N3O3. The standard InChI is InChI=1S/C16H23N3O3/c1-3-13(16(21)22)19-8-6-12(7-9-19)15(20)18-14-5-4-11(2)10-17-14/h4-5,10,12-13H,3,6-9H2,1-2H3,(H,21,22)(H,17,18,20). The molecular weight excluding hydrogens is 282 g/mol. The van der Waals surface area contributed by atoms with Gasteiger partial charge in [0.25, 0.3) is 0 Å². The summed E-state index contributed by atoms with van der Waals surface area (Å²) in [6, 6.07) is 3.26. The summed E-state index contributed by atoms with van der Waals surface area (Å²) in [6.07, 6.45) is 3.67. The fraction of sp³-hybridized carbons (Fsp3) is 0.562. The number of amides is 1. The molecule has 1 fully saturated rings. The number of hydrogen-bond donors (Lipinski definition) is 2. The molecule has 120 valence electrons. The lowest BCUT2D eigenvalue weighted by Crippen LogP contribution is -2.46. The van der Waals surface area contributed by atoms with Crippen LogP contribution < -0.4 is 5.32 Å². The van der Waals surface area contributed by atoms with E-state index in [9.17, 15) is 14.7 Å². The number of likely N-dealkylation sites (tertiary alicyclic amines) is 1. The van der Waals surface area contributed by atoms with Crippen molar-refractivity contribution in [2.75, 3.05) is 18.4 Å². The molecule has 6 nitrogen and oxygen atoms in total. The van der Waals surface area contributed by atoms with Crippen molar-refractivity contribution in [2.24, 2.45) is 5.92 Å². The highest BCUT2D eigenvalue weighted by atomic mass is 16.4. The van der Waals surface area contributed by atoms with Gasteiger partial charge < -0.3 is 10.4 Å². The number of carbonyl (C=O) groups is 2. The van der Waals surface area contributed by atoms with Gasteiger partial charge in [-0.2, -0.15) is 0 Å². The Balaban J connectivity index is 1.87. The fourth-order valence-electron chi connectivity index (χ4n) is 2.83. The van der Waals surface area contributed by atoms with Crippen molar-refractivity contribution in [3.8, 4) is 0 Å². The fourth-order valence-corrected chi connectivity index (χ4v) is 2.83. The number of pyridine rings is 1. The number of aromatic nitrogens is 1. The molecule has 1 aromatic rings. The summed E-state index contributed by atoms with van der Waals surface area (Å²) in [4.78, 5) is 29.6. The maximum absolute atomic E-state index is 12.2. The zero-order valence-corrected chi connectivity index (χ0v) is 13.1. The summed E-state index contributed by atoms with van der Waals surface area (Å²) in [5, 5.41) is 12.0. The molecule has 22 heavy (non-hydrogen) atoms. The van der Waals surface area contributed by atoms with Crippen molar-refractivity contribution in [3.63, 3.8) is 0 Å². The number of carboxylic acid groups (broad SMARTS) is 1. The third-order valence-corrected chi connectivity index (χ3v) is 4.18. The first-order chi connectivity index (χ1) is 10.5. The van der Waals surface area contributed by atoms with E-state index in [4.69, 9.17) is 0 Å². The lowest BCUT2D eigenvalue weighted by molar-refractivity contribution is -0.144. The molecule has 1 atom stereocenters. The predicted molar refractivity (Wildman–Crippen MR) is 83.6 cm³/mol. The number of piperidine rings is 1. The highest BCUT2D eigenvalue weighted by molar-refractivity contribution is 5.91. The average Bonchev–Trinajstić information content (AvgIpc) is 2.50. The molecule has 0 aliphatic carbocycles. The van der Waals surface area contributed by atoms with Gasteiger partial charge in [0.2, 0.25) is 5.91 Å². The molecule has 1 unspecified atom stereocenters. The van der Waals surface area contributed by atoms with E-state index in [0.717, 1.165) is 5.56 Å². The zero-order valence-electron chi connectivity index (χ0n) is 13.1. The Morgan fingerprint density at radius 3 is 2.59 bits per heavy atom. The SMILES string of the molecule is CCC(C(=O)O)N1CCC(C(=O)Nc2ccc(C)cn2)CC1. The van der Waals surface area contributed by atoms with Crippen LogP contribution in [0.2, 0.25) is 0 Å². The molecule has 2 heterocycles. The van der Waals surface area contributed by atoms with Crippen LogP contribution in [0.25, 0.3) is 0 Å². The van der Waals surface area contributed by atoms with Gasteiger partial charge in [0.05, 0.1) is 0 Å². The van der Waals surface area contributed by atoms with Gasteiger partial charge in [-0.15, -0.1) is 0 Å².